The van der Waals surface area contributed by atoms with Gasteiger partial charge in [0.1, 0.15) is 6.61 Å². The summed E-state index contributed by atoms with van der Waals surface area (Å²) in [4.78, 5) is 9.92. The van der Waals surface area contributed by atoms with Gasteiger partial charge in [-0.25, -0.2) is 8.78 Å². The van der Waals surface area contributed by atoms with E-state index >= 15 is 0 Å². The molecule has 0 saturated carbocycles. The minimum atomic E-state index is -0.918. The van der Waals surface area contributed by atoms with Crippen LogP contribution in [0.1, 0.15) is 5.56 Å². The number of nitrogens with zero attached hydrogens (tertiary/aromatic N) is 3. The number of benzene rings is 2. The van der Waals surface area contributed by atoms with Crippen LogP contribution in [0.2, 0.25) is 0 Å². The lowest BCUT2D eigenvalue weighted by Crippen LogP contribution is -2.03. The van der Waals surface area contributed by atoms with Crippen LogP contribution in [-0.4, -0.2) is 14.7 Å². The van der Waals surface area contributed by atoms with E-state index in [1.165, 1.54) is 6.20 Å². The molecule has 0 amide bonds. The van der Waals surface area contributed by atoms with E-state index in [-0.39, 0.29) is 12.3 Å². The van der Waals surface area contributed by atoms with Crippen molar-refractivity contribution in [1.29, 1.82) is 0 Å². The molecular weight excluding hydrogens is 320 g/mol. The van der Waals surface area contributed by atoms with Crippen molar-refractivity contribution in [2.75, 3.05) is 0 Å². The lowest BCUT2D eigenvalue weighted by atomic mass is 10.2. The third kappa shape index (κ3) is 3.22. The quantitative estimate of drug-likeness (QED) is 0.529. The molecule has 0 fully saturated rings. The standard InChI is InChI=1S/C16H11F2N3O3/c17-13-8-12(20-7-6-15(19-20)21(22)23)9-14(18)16(13)24-10-11-4-2-1-3-5-11/h1-9H,10H2. The monoisotopic (exact) mass is 331 g/mol. The van der Waals surface area contributed by atoms with Crippen molar-refractivity contribution in [1.82, 2.24) is 9.78 Å². The first kappa shape index (κ1) is 15.6. The normalized spacial score (nSPS) is 10.6. The molecule has 0 aliphatic rings. The topological polar surface area (TPSA) is 70.2 Å². The summed E-state index contributed by atoms with van der Waals surface area (Å²) < 4.78 is 34.5. The van der Waals surface area contributed by atoms with Gasteiger partial charge in [-0.05, 0) is 10.5 Å². The Balaban J connectivity index is 1.84. The third-order valence-corrected chi connectivity index (χ3v) is 3.24. The van der Waals surface area contributed by atoms with Crippen LogP contribution in [0, 0.1) is 21.7 Å². The van der Waals surface area contributed by atoms with Crippen LogP contribution in [0.5, 0.6) is 5.75 Å². The number of halogens is 2. The predicted octanol–water partition coefficient (Wildman–Crippen LogP) is 3.64. The number of hydrogen-bond donors (Lipinski definition) is 0. The van der Waals surface area contributed by atoms with E-state index in [0.29, 0.717) is 0 Å². The largest absolute Gasteiger partial charge is 0.483 e. The van der Waals surface area contributed by atoms with E-state index in [0.717, 1.165) is 28.4 Å². The molecule has 2 aromatic carbocycles. The maximum Gasteiger partial charge on any atom is 0.390 e. The summed E-state index contributed by atoms with van der Waals surface area (Å²) in [6.45, 7) is 0.0151. The van der Waals surface area contributed by atoms with Crippen molar-refractivity contribution >= 4 is 5.82 Å². The van der Waals surface area contributed by atoms with Crippen LogP contribution in [-0.2, 0) is 6.61 Å². The van der Waals surface area contributed by atoms with E-state index in [4.69, 9.17) is 4.74 Å². The molecule has 1 heterocycles. The zero-order valence-electron chi connectivity index (χ0n) is 12.2. The van der Waals surface area contributed by atoms with Gasteiger partial charge in [0.05, 0.1) is 23.0 Å². The van der Waals surface area contributed by atoms with Crippen LogP contribution in [0.3, 0.4) is 0 Å². The molecule has 1 aromatic heterocycles. The first-order valence-electron chi connectivity index (χ1n) is 6.91. The lowest BCUT2D eigenvalue weighted by Gasteiger charge is -2.09. The van der Waals surface area contributed by atoms with Gasteiger partial charge in [-0.3, -0.25) is 0 Å². The maximum atomic E-state index is 14.1. The minimum Gasteiger partial charge on any atom is -0.483 e. The molecule has 0 spiro atoms. The molecular formula is C16H11F2N3O3. The Kier molecular flexibility index (Phi) is 4.19. The Morgan fingerprint density at radius 1 is 1.12 bits per heavy atom. The Hall–Kier alpha value is -3.29. The second kappa shape index (κ2) is 6.45. The smallest absolute Gasteiger partial charge is 0.390 e. The van der Waals surface area contributed by atoms with E-state index < -0.39 is 28.1 Å². The van der Waals surface area contributed by atoms with Crippen LogP contribution in [0.25, 0.3) is 5.69 Å². The molecule has 122 valence electrons. The predicted molar refractivity (Wildman–Crippen MR) is 80.9 cm³/mol. The Morgan fingerprint density at radius 2 is 1.79 bits per heavy atom. The number of hydrogen-bond acceptors (Lipinski definition) is 4. The highest BCUT2D eigenvalue weighted by molar-refractivity contribution is 5.40. The van der Waals surface area contributed by atoms with Gasteiger partial charge in [-0.2, -0.15) is 0 Å². The first-order valence-corrected chi connectivity index (χ1v) is 6.91. The molecule has 24 heavy (non-hydrogen) atoms. The molecule has 0 unspecified atom stereocenters. The summed E-state index contributed by atoms with van der Waals surface area (Å²) in [5.41, 5.74) is 0.785. The van der Waals surface area contributed by atoms with E-state index in [1.54, 1.807) is 24.3 Å². The van der Waals surface area contributed by atoms with E-state index in [2.05, 4.69) is 5.10 Å². The average molecular weight is 331 g/mol. The summed E-state index contributed by atoms with van der Waals surface area (Å²) in [7, 11) is 0. The van der Waals surface area contributed by atoms with Gasteiger partial charge in [0.2, 0.25) is 0 Å². The minimum absolute atomic E-state index is 0.0151. The third-order valence-electron chi connectivity index (χ3n) is 3.24. The number of rotatable bonds is 5. The van der Waals surface area contributed by atoms with E-state index in [9.17, 15) is 18.9 Å². The van der Waals surface area contributed by atoms with Gasteiger partial charge in [-0.1, -0.05) is 30.3 Å². The second-order valence-corrected chi connectivity index (χ2v) is 4.89. The molecule has 0 N–H and O–H groups in total. The number of nitro groups is 1. The maximum absolute atomic E-state index is 14.1. The molecule has 0 aliphatic carbocycles. The SMILES string of the molecule is O=[N+]([O-])c1ccn(-c2cc(F)c(OCc3ccccc3)c(F)c2)n1. The van der Waals surface area contributed by atoms with Gasteiger partial charge in [0, 0.05) is 12.1 Å². The summed E-state index contributed by atoms with van der Waals surface area (Å²) in [5, 5.41) is 14.2. The summed E-state index contributed by atoms with van der Waals surface area (Å²) in [6, 6.07) is 12.1. The van der Waals surface area contributed by atoms with Gasteiger partial charge in [-0.15, -0.1) is 4.68 Å². The van der Waals surface area contributed by atoms with Crippen LogP contribution in [0.4, 0.5) is 14.6 Å². The molecule has 6 nitrogen and oxygen atoms in total. The summed E-state index contributed by atoms with van der Waals surface area (Å²) >= 11 is 0. The fraction of sp³-hybridized carbons (Fsp3) is 0.0625. The van der Waals surface area contributed by atoms with Gasteiger partial charge < -0.3 is 14.9 Å². The first-order chi connectivity index (χ1) is 11.5. The fourth-order valence-corrected chi connectivity index (χ4v) is 2.10. The molecule has 3 rings (SSSR count). The van der Waals surface area contributed by atoms with Gasteiger partial charge in [0.15, 0.2) is 17.4 Å². The molecule has 0 saturated heterocycles. The van der Waals surface area contributed by atoms with Crippen molar-refractivity contribution in [3.05, 3.63) is 82.0 Å². The van der Waals surface area contributed by atoms with Crippen molar-refractivity contribution in [3.63, 3.8) is 0 Å². The average Bonchev–Trinajstić information content (AvgIpc) is 3.05. The molecule has 0 aliphatic heterocycles. The lowest BCUT2D eigenvalue weighted by molar-refractivity contribution is -0.389. The zero-order valence-corrected chi connectivity index (χ0v) is 12.2. The fourth-order valence-electron chi connectivity index (χ4n) is 2.10. The van der Waals surface area contributed by atoms with Gasteiger partial charge in [0.25, 0.3) is 0 Å². The highest BCUT2D eigenvalue weighted by atomic mass is 19.1. The van der Waals surface area contributed by atoms with E-state index in [1.807, 2.05) is 6.07 Å². The van der Waals surface area contributed by atoms with Crippen LogP contribution in [0.15, 0.2) is 54.7 Å². The van der Waals surface area contributed by atoms with Crippen LogP contribution < -0.4 is 4.74 Å². The van der Waals surface area contributed by atoms with Gasteiger partial charge >= 0.3 is 5.82 Å². The second-order valence-electron chi connectivity index (χ2n) is 4.89. The molecule has 3 aromatic rings. The van der Waals surface area contributed by atoms with Crippen molar-refractivity contribution in [2.24, 2.45) is 0 Å². The van der Waals surface area contributed by atoms with Crippen molar-refractivity contribution in [3.8, 4) is 11.4 Å². The van der Waals surface area contributed by atoms with Crippen molar-refractivity contribution in [2.45, 2.75) is 6.61 Å². The Morgan fingerprint density at radius 3 is 2.38 bits per heavy atom. The molecule has 0 atom stereocenters. The van der Waals surface area contributed by atoms with Crippen LogP contribution >= 0.6 is 0 Å². The zero-order chi connectivity index (χ0) is 17.1. The highest BCUT2D eigenvalue weighted by Gasteiger charge is 2.17. The van der Waals surface area contributed by atoms with Crippen molar-refractivity contribution < 1.29 is 18.4 Å². The number of ether oxygens (including phenoxy) is 1. The Labute approximate surface area is 135 Å². The highest BCUT2D eigenvalue weighted by Crippen LogP contribution is 2.26. The number of aromatic nitrogens is 2. The Bertz CT molecular complexity index is 858. The molecule has 8 heteroatoms. The summed E-state index contributed by atoms with van der Waals surface area (Å²) in [5.74, 6) is -2.76. The molecule has 0 bridgehead atoms. The molecule has 0 radical (unpaired) electrons. The summed E-state index contributed by atoms with van der Waals surface area (Å²) in [6.07, 6.45) is 1.25.